The third kappa shape index (κ3) is 3.03. The molecule has 4 nitrogen and oxygen atoms in total. The lowest BCUT2D eigenvalue weighted by Gasteiger charge is -2.12. The minimum Gasteiger partial charge on any atom is -0.262 e. The number of hydrogen-bond donors (Lipinski definition) is 0. The summed E-state index contributed by atoms with van der Waals surface area (Å²) < 4.78 is 30.9. The molecule has 0 atom stereocenters. The van der Waals surface area contributed by atoms with Crippen molar-refractivity contribution >= 4 is 10.9 Å². The molecule has 0 radical (unpaired) electrons. The Morgan fingerprint density at radius 1 is 1.00 bits per heavy atom. The maximum Gasteiger partial charge on any atom is 0.160 e. The molecular weight excluding hydrogens is 370 g/mol. The maximum atomic E-state index is 13.8. The molecule has 0 saturated heterocycles. The average Bonchev–Trinajstić information content (AvgIpc) is 3.48. The van der Waals surface area contributed by atoms with Crippen molar-refractivity contribution in [2.75, 3.05) is 0 Å². The van der Waals surface area contributed by atoms with E-state index in [4.69, 9.17) is 5.10 Å². The Morgan fingerprint density at radius 3 is 2.59 bits per heavy atom. The van der Waals surface area contributed by atoms with Crippen LogP contribution in [0.4, 0.5) is 8.78 Å². The molecule has 2 aromatic carbocycles. The first kappa shape index (κ1) is 18.0. The molecule has 1 fully saturated rings. The van der Waals surface area contributed by atoms with Crippen molar-refractivity contribution in [3.63, 3.8) is 0 Å². The normalized spacial score (nSPS) is 14.9. The van der Waals surface area contributed by atoms with Gasteiger partial charge in [0.25, 0.3) is 0 Å². The standard InChI is InChI=1S/C23H22F2N4/c1-2-21-18-9-7-15(13-23(18)29(27-21)16-5-3-4-6-16)22-11-12-26-28(22)17-8-10-19(24)20(25)14-17/h7-14,16H,2-6H2,1H3. The second-order valence-electron chi connectivity index (χ2n) is 7.64. The summed E-state index contributed by atoms with van der Waals surface area (Å²) in [6, 6.07) is 12.5. The number of hydrogen-bond acceptors (Lipinski definition) is 2. The van der Waals surface area contributed by atoms with Crippen molar-refractivity contribution < 1.29 is 8.78 Å². The number of aryl methyl sites for hydroxylation is 1. The van der Waals surface area contributed by atoms with Gasteiger partial charge in [-0.2, -0.15) is 10.2 Å². The Labute approximate surface area is 167 Å². The Hall–Kier alpha value is -3.02. The van der Waals surface area contributed by atoms with Crippen molar-refractivity contribution in [2.24, 2.45) is 0 Å². The van der Waals surface area contributed by atoms with Crippen LogP contribution in [0.1, 0.15) is 44.3 Å². The van der Waals surface area contributed by atoms with Crippen molar-refractivity contribution in [3.8, 4) is 16.9 Å². The first-order valence-corrected chi connectivity index (χ1v) is 10.2. The van der Waals surface area contributed by atoms with Crippen LogP contribution in [0, 0.1) is 11.6 Å². The van der Waals surface area contributed by atoms with Crippen LogP contribution in [0.15, 0.2) is 48.7 Å². The summed E-state index contributed by atoms with van der Waals surface area (Å²) in [4.78, 5) is 0. The summed E-state index contributed by atoms with van der Waals surface area (Å²) in [5, 5.41) is 10.4. The fraction of sp³-hybridized carbons (Fsp3) is 0.304. The van der Waals surface area contributed by atoms with Crippen LogP contribution in [0.3, 0.4) is 0 Å². The van der Waals surface area contributed by atoms with Crippen molar-refractivity contribution in [3.05, 3.63) is 66.0 Å². The van der Waals surface area contributed by atoms with Gasteiger partial charge in [0.15, 0.2) is 11.6 Å². The molecule has 2 aromatic heterocycles. The van der Waals surface area contributed by atoms with Gasteiger partial charge in [-0.15, -0.1) is 0 Å². The summed E-state index contributed by atoms with van der Waals surface area (Å²) in [6.07, 6.45) is 7.38. The molecule has 0 spiro atoms. The minimum absolute atomic E-state index is 0.448. The third-order valence-corrected chi connectivity index (χ3v) is 5.88. The van der Waals surface area contributed by atoms with Gasteiger partial charge in [0.05, 0.1) is 34.8 Å². The topological polar surface area (TPSA) is 35.6 Å². The number of aromatic nitrogens is 4. The van der Waals surface area contributed by atoms with E-state index >= 15 is 0 Å². The van der Waals surface area contributed by atoms with E-state index in [1.165, 1.54) is 30.4 Å². The van der Waals surface area contributed by atoms with Gasteiger partial charge in [0.2, 0.25) is 0 Å². The molecular formula is C23H22F2N4. The predicted octanol–water partition coefficient (Wildman–Crippen LogP) is 5.84. The fourth-order valence-electron chi connectivity index (χ4n) is 4.40. The number of nitrogens with zero attached hydrogens (tertiary/aromatic N) is 4. The van der Waals surface area contributed by atoms with E-state index in [-0.39, 0.29) is 0 Å². The molecule has 2 heterocycles. The SMILES string of the molecule is CCc1nn(C2CCCC2)c2cc(-c3ccnn3-c3ccc(F)c(F)c3)ccc12. The summed E-state index contributed by atoms with van der Waals surface area (Å²) >= 11 is 0. The molecule has 6 heteroatoms. The molecule has 0 amide bonds. The largest absolute Gasteiger partial charge is 0.262 e. The minimum atomic E-state index is -0.883. The average molecular weight is 392 g/mol. The summed E-state index contributed by atoms with van der Waals surface area (Å²) in [5.41, 5.74) is 4.54. The van der Waals surface area contributed by atoms with Crippen LogP contribution in [-0.2, 0) is 6.42 Å². The molecule has 5 rings (SSSR count). The van der Waals surface area contributed by atoms with E-state index in [0.29, 0.717) is 11.7 Å². The predicted molar refractivity (Wildman–Crippen MR) is 109 cm³/mol. The molecule has 1 saturated carbocycles. The van der Waals surface area contributed by atoms with Crippen LogP contribution in [0.5, 0.6) is 0 Å². The number of fused-ring (bicyclic) bond motifs is 1. The number of benzene rings is 2. The second-order valence-corrected chi connectivity index (χ2v) is 7.64. The highest BCUT2D eigenvalue weighted by molar-refractivity contribution is 5.86. The molecule has 0 bridgehead atoms. The lowest BCUT2D eigenvalue weighted by Crippen LogP contribution is -2.07. The zero-order valence-electron chi connectivity index (χ0n) is 16.3. The van der Waals surface area contributed by atoms with Gasteiger partial charge in [-0.25, -0.2) is 13.5 Å². The molecule has 29 heavy (non-hydrogen) atoms. The molecule has 0 aliphatic heterocycles. The lowest BCUT2D eigenvalue weighted by atomic mass is 10.1. The van der Waals surface area contributed by atoms with Crippen LogP contribution in [0.25, 0.3) is 27.8 Å². The Bertz CT molecular complexity index is 1190. The molecule has 1 aliphatic carbocycles. The molecule has 0 N–H and O–H groups in total. The number of rotatable bonds is 4. The Kier molecular flexibility index (Phi) is 4.42. The van der Waals surface area contributed by atoms with Crippen LogP contribution in [0.2, 0.25) is 0 Å². The Balaban J connectivity index is 1.64. The van der Waals surface area contributed by atoms with E-state index < -0.39 is 11.6 Å². The highest BCUT2D eigenvalue weighted by atomic mass is 19.2. The van der Waals surface area contributed by atoms with E-state index in [0.717, 1.165) is 47.8 Å². The summed E-state index contributed by atoms with van der Waals surface area (Å²) in [6.45, 7) is 2.13. The number of halogens is 2. The van der Waals surface area contributed by atoms with Gasteiger partial charge in [-0.3, -0.25) is 4.68 Å². The van der Waals surface area contributed by atoms with Crippen molar-refractivity contribution in [1.29, 1.82) is 0 Å². The smallest absolute Gasteiger partial charge is 0.160 e. The quantitative estimate of drug-likeness (QED) is 0.437. The zero-order chi connectivity index (χ0) is 20.0. The van der Waals surface area contributed by atoms with Gasteiger partial charge in [0.1, 0.15) is 0 Å². The summed E-state index contributed by atoms with van der Waals surface area (Å²) in [7, 11) is 0. The monoisotopic (exact) mass is 392 g/mol. The van der Waals surface area contributed by atoms with E-state index in [2.05, 4.69) is 34.9 Å². The van der Waals surface area contributed by atoms with Gasteiger partial charge < -0.3 is 0 Å². The second kappa shape index (κ2) is 7.10. The fourth-order valence-corrected chi connectivity index (χ4v) is 4.40. The molecule has 148 valence electrons. The highest BCUT2D eigenvalue weighted by Crippen LogP contribution is 2.35. The van der Waals surface area contributed by atoms with Crippen LogP contribution < -0.4 is 0 Å². The lowest BCUT2D eigenvalue weighted by molar-refractivity contribution is 0.478. The van der Waals surface area contributed by atoms with Crippen LogP contribution in [-0.4, -0.2) is 19.6 Å². The first-order valence-electron chi connectivity index (χ1n) is 10.2. The summed E-state index contributed by atoms with van der Waals surface area (Å²) in [5.74, 6) is -1.75. The highest BCUT2D eigenvalue weighted by Gasteiger charge is 2.22. The zero-order valence-corrected chi connectivity index (χ0v) is 16.3. The first-order chi connectivity index (χ1) is 14.2. The van der Waals surface area contributed by atoms with Gasteiger partial charge in [-0.05, 0) is 43.5 Å². The third-order valence-electron chi connectivity index (χ3n) is 5.88. The van der Waals surface area contributed by atoms with E-state index in [1.807, 2.05) is 6.07 Å². The van der Waals surface area contributed by atoms with Crippen molar-refractivity contribution in [2.45, 2.75) is 45.1 Å². The maximum absolute atomic E-state index is 13.8. The molecule has 0 unspecified atom stereocenters. The van der Waals surface area contributed by atoms with E-state index in [9.17, 15) is 8.78 Å². The van der Waals surface area contributed by atoms with Crippen molar-refractivity contribution in [1.82, 2.24) is 19.6 Å². The van der Waals surface area contributed by atoms with E-state index in [1.54, 1.807) is 10.9 Å². The van der Waals surface area contributed by atoms with Gasteiger partial charge in [-0.1, -0.05) is 31.9 Å². The Morgan fingerprint density at radius 2 is 1.83 bits per heavy atom. The molecule has 4 aromatic rings. The molecule has 1 aliphatic rings. The van der Waals surface area contributed by atoms with Gasteiger partial charge in [0, 0.05) is 17.0 Å². The van der Waals surface area contributed by atoms with Gasteiger partial charge >= 0.3 is 0 Å². The van der Waals surface area contributed by atoms with Crippen LogP contribution >= 0.6 is 0 Å².